The van der Waals surface area contributed by atoms with Gasteiger partial charge in [0, 0.05) is 25.8 Å². The van der Waals surface area contributed by atoms with Gasteiger partial charge in [-0.1, -0.05) is 11.6 Å². The zero-order chi connectivity index (χ0) is 13.2. The Morgan fingerprint density at radius 1 is 1.39 bits per heavy atom. The molecule has 7 heteroatoms. The van der Waals surface area contributed by atoms with Gasteiger partial charge in [-0.05, 0) is 18.1 Å². The van der Waals surface area contributed by atoms with Crippen molar-refractivity contribution in [2.75, 3.05) is 29.5 Å². The SMILES string of the molecule is NCc1ccnc(N2CCCS(=O)(=O)CC2)c1Cl. The van der Waals surface area contributed by atoms with Crippen LogP contribution in [0.25, 0.3) is 0 Å². The Balaban J connectivity index is 2.26. The summed E-state index contributed by atoms with van der Waals surface area (Å²) in [5.41, 5.74) is 6.42. The van der Waals surface area contributed by atoms with E-state index >= 15 is 0 Å². The van der Waals surface area contributed by atoms with Gasteiger partial charge in [-0.3, -0.25) is 0 Å². The normalized spacial score (nSPS) is 19.6. The fourth-order valence-corrected chi connectivity index (χ4v) is 3.58. The van der Waals surface area contributed by atoms with E-state index in [4.69, 9.17) is 17.3 Å². The molecule has 2 rings (SSSR count). The van der Waals surface area contributed by atoms with Crippen molar-refractivity contribution in [3.8, 4) is 0 Å². The summed E-state index contributed by atoms with van der Waals surface area (Å²) in [6, 6.07) is 1.78. The molecule has 0 aliphatic carbocycles. The van der Waals surface area contributed by atoms with E-state index in [0.29, 0.717) is 36.9 Å². The van der Waals surface area contributed by atoms with Gasteiger partial charge in [-0.2, -0.15) is 0 Å². The van der Waals surface area contributed by atoms with Crippen molar-refractivity contribution in [2.24, 2.45) is 5.73 Å². The number of aromatic nitrogens is 1. The standard InChI is InChI=1S/C11H16ClN3O2S/c12-10-9(8-13)2-3-14-11(10)15-4-1-6-18(16,17)7-5-15/h2-3H,1,4-8,13H2. The minimum Gasteiger partial charge on any atom is -0.354 e. The Morgan fingerprint density at radius 2 is 2.17 bits per heavy atom. The summed E-state index contributed by atoms with van der Waals surface area (Å²) in [5, 5.41) is 0.527. The second-order valence-electron chi connectivity index (χ2n) is 4.30. The van der Waals surface area contributed by atoms with Gasteiger partial charge in [0.15, 0.2) is 9.84 Å². The summed E-state index contributed by atoms with van der Waals surface area (Å²) >= 11 is 6.23. The molecule has 2 N–H and O–H groups in total. The van der Waals surface area contributed by atoms with Gasteiger partial charge in [-0.25, -0.2) is 13.4 Å². The van der Waals surface area contributed by atoms with Crippen LogP contribution >= 0.6 is 11.6 Å². The lowest BCUT2D eigenvalue weighted by atomic mass is 10.2. The average molecular weight is 290 g/mol. The molecule has 1 fully saturated rings. The number of hydrogen-bond acceptors (Lipinski definition) is 5. The van der Waals surface area contributed by atoms with E-state index in [1.54, 1.807) is 12.3 Å². The predicted molar refractivity (Wildman–Crippen MR) is 72.6 cm³/mol. The van der Waals surface area contributed by atoms with E-state index in [1.807, 2.05) is 4.90 Å². The van der Waals surface area contributed by atoms with Crippen LogP contribution in [0.5, 0.6) is 0 Å². The first-order valence-corrected chi connectivity index (χ1v) is 8.02. The average Bonchev–Trinajstić information content (AvgIpc) is 2.51. The summed E-state index contributed by atoms with van der Waals surface area (Å²) in [7, 11) is -2.93. The first-order chi connectivity index (χ1) is 8.53. The second kappa shape index (κ2) is 5.42. The minimum absolute atomic E-state index is 0.151. The van der Waals surface area contributed by atoms with Crippen molar-refractivity contribution < 1.29 is 8.42 Å². The quantitative estimate of drug-likeness (QED) is 0.872. The third-order valence-electron chi connectivity index (χ3n) is 3.03. The first kappa shape index (κ1) is 13.6. The highest BCUT2D eigenvalue weighted by atomic mass is 35.5. The van der Waals surface area contributed by atoms with Gasteiger partial charge in [0.1, 0.15) is 5.82 Å². The summed E-state index contributed by atoms with van der Waals surface area (Å²) in [5.74, 6) is 1.02. The maximum Gasteiger partial charge on any atom is 0.152 e. The predicted octanol–water partition coefficient (Wildman–Crippen LogP) is 0.819. The van der Waals surface area contributed by atoms with Gasteiger partial charge in [0.25, 0.3) is 0 Å². The van der Waals surface area contributed by atoms with Crippen LogP contribution in [0.3, 0.4) is 0 Å². The highest BCUT2D eigenvalue weighted by Crippen LogP contribution is 2.27. The van der Waals surface area contributed by atoms with Crippen LogP contribution < -0.4 is 10.6 Å². The number of nitrogens with two attached hydrogens (primary N) is 1. The van der Waals surface area contributed by atoms with Gasteiger partial charge in [0.2, 0.25) is 0 Å². The molecule has 0 aromatic carbocycles. The molecule has 1 aromatic rings. The molecule has 100 valence electrons. The van der Waals surface area contributed by atoms with Crippen molar-refractivity contribution >= 4 is 27.3 Å². The van der Waals surface area contributed by atoms with Gasteiger partial charge in [-0.15, -0.1) is 0 Å². The summed E-state index contributed by atoms with van der Waals surface area (Å²) < 4.78 is 23.1. The molecule has 0 saturated carbocycles. The summed E-state index contributed by atoms with van der Waals surface area (Å²) in [6.45, 7) is 1.43. The van der Waals surface area contributed by atoms with E-state index in [-0.39, 0.29) is 11.5 Å². The van der Waals surface area contributed by atoms with Crippen LogP contribution in [0.15, 0.2) is 12.3 Å². The Kier molecular flexibility index (Phi) is 4.09. The van der Waals surface area contributed by atoms with Crippen LogP contribution in [-0.4, -0.2) is 38.0 Å². The van der Waals surface area contributed by atoms with E-state index in [9.17, 15) is 8.42 Å². The number of sulfone groups is 1. The Labute approximate surface area is 112 Å². The van der Waals surface area contributed by atoms with Crippen molar-refractivity contribution in [1.29, 1.82) is 0 Å². The third kappa shape index (κ3) is 2.93. The molecule has 0 spiro atoms. The summed E-state index contributed by atoms with van der Waals surface area (Å²) in [6.07, 6.45) is 2.26. The zero-order valence-corrected chi connectivity index (χ0v) is 11.5. The molecule has 0 atom stereocenters. The molecule has 1 aliphatic heterocycles. The lowest BCUT2D eigenvalue weighted by Gasteiger charge is -2.22. The molecule has 0 unspecified atom stereocenters. The Bertz CT molecular complexity index is 533. The topological polar surface area (TPSA) is 76.3 Å². The smallest absolute Gasteiger partial charge is 0.152 e. The number of hydrogen-bond donors (Lipinski definition) is 1. The zero-order valence-electron chi connectivity index (χ0n) is 9.97. The fourth-order valence-electron chi connectivity index (χ4n) is 2.00. The van der Waals surface area contributed by atoms with Crippen LogP contribution in [0, 0.1) is 0 Å². The van der Waals surface area contributed by atoms with E-state index in [0.717, 1.165) is 5.56 Å². The fraction of sp³-hybridized carbons (Fsp3) is 0.545. The second-order valence-corrected chi connectivity index (χ2v) is 6.99. The van der Waals surface area contributed by atoms with Crippen molar-refractivity contribution in [3.63, 3.8) is 0 Å². The van der Waals surface area contributed by atoms with Crippen LogP contribution in [0.1, 0.15) is 12.0 Å². The van der Waals surface area contributed by atoms with E-state index in [2.05, 4.69) is 4.98 Å². The number of nitrogens with zero attached hydrogens (tertiary/aromatic N) is 2. The van der Waals surface area contributed by atoms with Gasteiger partial charge >= 0.3 is 0 Å². The molecule has 1 saturated heterocycles. The molecule has 18 heavy (non-hydrogen) atoms. The summed E-state index contributed by atoms with van der Waals surface area (Å²) in [4.78, 5) is 6.17. The van der Waals surface area contributed by atoms with Crippen molar-refractivity contribution in [2.45, 2.75) is 13.0 Å². The highest BCUT2D eigenvalue weighted by Gasteiger charge is 2.22. The monoisotopic (exact) mass is 289 g/mol. The lowest BCUT2D eigenvalue weighted by molar-refractivity contribution is 0.597. The molecular weight excluding hydrogens is 274 g/mol. The van der Waals surface area contributed by atoms with E-state index < -0.39 is 9.84 Å². The number of anilines is 1. The van der Waals surface area contributed by atoms with Gasteiger partial charge in [0.05, 0.1) is 16.5 Å². The molecule has 0 radical (unpaired) electrons. The van der Waals surface area contributed by atoms with Crippen molar-refractivity contribution in [1.82, 2.24) is 4.98 Å². The van der Waals surface area contributed by atoms with E-state index in [1.165, 1.54) is 0 Å². The molecule has 5 nitrogen and oxygen atoms in total. The van der Waals surface area contributed by atoms with Gasteiger partial charge < -0.3 is 10.6 Å². The van der Waals surface area contributed by atoms with Crippen LogP contribution in [0.2, 0.25) is 5.02 Å². The molecular formula is C11H16ClN3O2S. The maximum absolute atomic E-state index is 11.6. The van der Waals surface area contributed by atoms with Crippen molar-refractivity contribution in [3.05, 3.63) is 22.8 Å². The number of pyridine rings is 1. The maximum atomic E-state index is 11.6. The Morgan fingerprint density at radius 3 is 2.89 bits per heavy atom. The minimum atomic E-state index is -2.93. The molecule has 1 aromatic heterocycles. The van der Waals surface area contributed by atoms with Crippen LogP contribution in [0.4, 0.5) is 5.82 Å². The first-order valence-electron chi connectivity index (χ1n) is 5.82. The highest BCUT2D eigenvalue weighted by molar-refractivity contribution is 7.91. The largest absolute Gasteiger partial charge is 0.354 e. The number of rotatable bonds is 2. The third-order valence-corrected chi connectivity index (χ3v) is 5.15. The Hall–Kier alpha value is -0.850. The molecule has 0 bridgehead atoms. The molecule has 1 aliphatic rings. The number of halogens is 1. The molecule has 2 heterocycles. The molecule has 0 amide bonds. The van der Waals surface area contributed by atoms with Crippen LogP contribution in [-0.2, 0) is 16.4 Å². The lowest BCUT2D eigenvalue weighted by Crippen LogP contribution is -2.28.